The summed E-state index contributed by atoms with van der Waals surface area (Å²) in [6, 6.07) is -0.342. The zero-order valence-corrected chi connectivity index (χ0v) is 9.12. The normalized spacial score (nSPS) is 18.5. The van der Waals surface area contributed by atoms with Gasteiger partial charge in [0.05, 0.1) is 0 Å². The fourth-order valence-corrected chi connectivity index (χ4v) is 1.83. The predicted octanol–water partition coefficient (Wildman–Crippen LogP) is 1.88. The van der Waals surface area contributed by atoms with Crippen LogP contribution in [0.15, 0.2) is 0 Å². The second-order valence-corrected chi connectivity index (χ2v) is 4.24. The Morgan fingerprint density at radius 2 is 2.00 bits per heavy atom. The minimum absolute atomic E-state index is 0.270. The summed E-state index contributed by atoms with van der Waals surface area (Å²) in [5, 5.41) is 12.3. The van der Waals surface area contributed by atoms with Gasteiger partial charge >= 0.3 is 5.97 Å². The first-order valence-corrected chi connectivity index (χ1v) is 5.65. The maximum Gasteiger partial charge on any atom is 0.320 e. The van der Waals surface area contributed by atoms with E-state index in [-0.39, 0.29) is 12.0 Å². The summed E-state index contributed by atoms with van der Waals surface area (Å²) in [7, 11) is 0. The summed E-state index contributed by atoms with van der Waals surface area (Å²) in [5.74, 6) is 0.316. The highest BCUT2D eigenvalue weighted by atomic mass is 16.4. The second-order valence-electron chi connectivity index (χ2n) is 4.24. The largest absolute Gasteiger partial charge is 0.480 e. The van der Waals surface area contributed by atoms with Crippen LogP contribution >= 0.6 is 0 Å². The molecule has 3 heteroatoms. The molecule has 0 radical (unpaired) electrons. The number of carboxylic acids is 1. The van der Waals surface area contributed by atoms with Crippen molar-refractivity contribution in [2.45, 2.75) is 45.6 Å². The second kappa shape index (κ2) is 5.35. The Kier molecular flexibility index (Phi) is 4.39. The number of hydrogen-bond donors (Lipinski definition) is 2. The van der Waals surface area contributed by atoms with Crippen molar-refractivity contribution in [1.82, 2.24) is 5.32 Å². The highest BCUT2D eigenvalue weighted by molar-refractivity contribution is 5.73. The Morgan fingerprint density at radius 1 is 1.43 bits per heavy atom. The van der Waals surface area contributed by atoms with E-state index in [2.05, 4.69) is 19.2 Å². The third kappa shape index (κ3) is 3.29. The highest BCUT2D eigenvalue weighted by Gasteiger charge is 2.28. The molecule has 0 aromatic heterocycles. The van der Waals surface area contributed by atoms with Crippen molar-refractivity contribution in [3.8, 4) is 0 Å². The quantitative estimate of drug-likeness (QED) is 0.658. The van der Waals surface area contributed by atoms with Gasteiger partial charge in [0.15, 0.2) is 0 Å². The molecule has 0 bridgehead atoms. The smallest absolute Gasteiger partial charge is 0.320 e. The van der Waals surface area contributed by atoms with E-state index in [9.17, 15) is 4.79 Å². The first-order chi connectivity index (χ1) is 6.69. The van der Waals surface area contributed by atoms with Gasteiger partial charge in [-0.25, -0.2) is 0 Å². The van der Waals surface area contributed by atoms with Crippen molar-refractivity contribution in [2.24, 2.45) is 11.8 Å². The number of aliphatic carboxylic acids is 1. The molecule has 0 aromatic rings. The molecule has 0 aromatic carbocycles. The van der Waals surface area contributed by atoms with Crippen LogP contribution in [0.4, 0.5) is 0 Å². The lowest BCUT2D eigenvalue weighted by molar-refractivity contribution is -0.141. The van der Waals surface area contributed by atoms with Crippen LogP contribution in [0.3, 0.4) is 0 Å². The van der Waals surface area contributed by atoms with Gasteiger partial charge in [-0.2, -0.15) is 0 Å². The molecule has 0 amide bonds. The van der Waals surface area contributed by atoms with Crippen LogP contribution in [-0.2, 0) is 4.79 Å². The molecule has 1 atom stereocenters. The van der Waals surface area contributed by atoms with Gasteiger partial charge in [-0.3, -0.25) is 4.79 Å². The van der Waals surface area contributed by atoms with Gasteiger partial charge in [-0.1, -0.05) is 26.7 Å². The molecule has 14 heavy (non-hydrogen) atoms. The van der Waals surface area contributed by atoms with Gasteiger partial charge in [0.25, 0.3) is 0 Å². The van der Waals surface area contributed by atoms with Gasteiger partial charge < -0.3 is 10.4 Å². The SMILES string of the molecule is CCC(CC)C(NCC1CC1)C(=O)O. The molecule has 1 saturated carbocycles. The molecule has 0 heterocycles. The van der Waals surface area contributed by atoms with Gasteiger partial charge in [-0.05, 0) is 31.2 Å². The Bertz CT molecular complexity index is 186. The molecule has 0 saturated heterocycles. The number of carboxylic acid groups (broad SMARTS) is 1. The Balaban J connectivity index is 2.38. The lowest BCUT2D eigenvalue weighted by Crippen LogP contribution is -2.43. The van der Waals surface area contributed by atoms with Gasteiger partial charge in [0.1, 0.15) is 6.04 Å². The van der Waals surface area contributed by atoms with Crippen molar-refractivity contribution in [1.29, 1.82) is 0 Å². The molecule has 1 aliphatic carbocycles. The van der Waals surface area contributed by atoms with Gasteiger partial charge in [0.2, 0.25) is 0 Å². The van der Waals surface area contributed by atoms with Crippen molar-refractivity contribution < 1.29 is 9.90 Å². The van der Waals surface area contributed by atoms with E-state index in [1.807, 2.05) is 0 Å². The molecule has 0 aliphatic heterocycles. The Hall–Kier alpha value is -0.570. The summed E-state index contributed by atoms with van der Waals surface area (Å²) in [5.41, 5.74) is 0. The maximum absolute atomic E-state index is 11.0. The van der Waals surface area contributed by atoms with Gasteiger partial charge in [-0.15, -0.1) is 0 Å². The zero-order valence-electron chi connectivity index (χ0n) is 9.12. The summed E-state index contributed by atoms with van der Waals surface area (Å²) in [4.78, 5) is 11.0. The van der Waals surface area contributed by atoms with Crippen LogP contribution in [0.25, 0.3) is 0 Å². The van der Waals surface area contributed by atoms with Crippen molar-refractivity contribution >= 4 is 5.97 Å². The van der Waals surface area contributed by atoms with Gasteiger partial charge in [0, 0.05) is 0 Å². The molecule has 0 spiro atoms. The molecule has 3 nitrogen and oxygen atoms in total. The minimum atomic E-state index is -0.695. The van der Waals surface area contributed by atoms with Crippen LogP contribution in [0, 0.1) is 11.8 Å². The molecule has 1 unspecified atom stereocenters. The predicted molar refractivity (Wildman–Crippen MR) is 56.2 cm³/mol. The summed E-state index contributed by atoms with van der Waals surface area (Å²) in [6.07, 6.45) is 4.40. The number of rotatable bonds is 7. The Morgan fingerprint density at radius 3 is 2.36 bits per heavy atom. The number of nitrogens with one attached hydrogen (secondary N) is 1. The van der Waals surface area contributed by atoms with Crippen molar-refractivity contribution in [3.05, 3.63) is 0 Å². The molecule has 1 fully saturated rings. The third-order valence-corrected chi connectivity index (χ3v) is 3.11. The van der Waals surface area contributed by atoms with E-state index >= 15 is 0 Å². The van der Waals surface area contributed by atoms with E-state index in [1.165, 1.54) is 12.8 Å². The first kappa shape index (κ1) is 11.5. The lowest BCUT2D eigenvalue weighted by Gasteiger charge is -2.22. The average Bonchev–Trinajstić information content (AvgIpc) is 2.95. The van der Waals surface area contributed by atoms with Crippen LogP contribution in [0.5, 0.6) is 0 Å². The minimum Gasteiger partial charge on any atom is -0.480 e. The summed E-state index contributed by atoms with van der Waals surface area (Å²) in [6.45, 7) is 5.00. The van der Waals surface area contributed by atoms with E-state index in [0.717, 1.165) is 25.3 Å². The maximum atomic E-state index is 11.0. The monoisotopic (exact) mass is 199 g/mol. The summed E-state index contributed by atoms with van der Waals surface area (Å²) < 4.78 is 0. The molecule has 1 rings (SSSR count). The third-order valence-electron chi connectivity index (χ3n) is 3.11. The first-order valence-electron chi connectivity index (χ1n) is 5.65. The lowest BCUT2D eigenvalue weighted by atomic mass is 9.94. The van der Waals surface area contributed by atoms with Crippen LogP contribution in [0.2, 0.25) is 0 Å². The summed E-state index contributed by atoms with van der Waals surface area (Å²) >= 11 is 0. The molecule has 82 valence electrons. The molecule has 1 aliphatic rings. The average molecular weight is 199 g/mol. The fourth-order valence-electron chi connectivity index (χ4n) is 1.83. The number of carbonyl (C=O) groups is 1. The zero-order chi connectivity index (χ0) is 10.6. The molecular weight excluding hydrogens is 178 g/mol. The van der Waals surface area contributed by atoms with Crippen LogP contribution in [0.1, 0.15) is 39.5 Å². The fraction of sp³-hybridized carbons (Fsp3) is 0.909. The highest BCUT2D eigenvalue weighted by Crippen LogP contribution is 2.28. The van der Waals surface area contributed by atoms with Crippen molar-refractivity contribution in [2.75, 3.05) is 6.54 Å². The standard InChI is InChI=1S/C11H21NO2/c1-3-9(4-2)10(11(13)14)12-7-8-5-6-8/h8-10,12H,3-7H2,1-2H3,(H,13,14). The number of hydrogen-bond acceptors (Lipinski definition) is 2. The Labute approximate surface area is 85.9 Å². The van der Waals surface area contributed by atoms with Crippen molar-refractivity contribution in [3.63, 3.8) is 0 Å². The topological polar surface area (TPSA) is 49.3 Å². The van der Waals surface area contributed by atoms with E-state index < -0.39 is 5.97 Å². The van der Waals surface area contributed by atoms with E-state index in [0.29, 0.717) is 0 Å². The van der Waals surface area contributed by atoms with E-state index in [1.54, 1.807) is 0 Å². The molecular formula is C11H21NO2. The van der Waals surface area contributed by atoms with E-state index in [4.69, 9.17) is 5.11 Å². The molecule has 2 N–H and O–H groups in total. The van der Waals surface area contributed by atoms with Crippen LogP contribution < -0.4 is 5.32 Å². The van der Waals surface area contributed by atoms with Crippen LogP contribution in [-0.4, -0.2) is 23.7 Å².